The van der Waals surface area contributed by atoms with E-state index in [4.69, 9.17) is 4.74 Å². The number of nitrogens with zero attached hydrogens (tertiary/aromatic N) is 1. The highest BCUT2D eigenvalue weighted by atomic mass is 32.2. The summed E-state index contributed by atoms with van der Waals surface area (Å²) < 4.78 is 31.9. The maximum absolute atomic E-state index is 12.8. The van der Waals surface area contributed by atoms with Crippen LogP contribution in [-0.4, -0.2) is 19.5 Å². The Bertz CT molecular complexity index is 866. The van der Waals surface area contributed by atoms with Gasteiger partial charge >= 0.3 is 0 Å². The molecule has 22 heavy (non-hydrogen) atoms. The molecule has 1 heterocycles. The Balaban J connectivity index is 2.09. The molecule has 0 fully saturated rings. The van der Waals surface area contributed by atoms with Gasteiger partial charge in [-0.1, -0.05) is 18.2 Å². The average molecular weight is 313 g/mol. The second-order valence-corrected chi connectivity index (χ2v) is 6.55. The third-order valence-corrected chi connectivity index (χ3v) is 5.10. The highest BCUT2D eigenvalue weighted by molar-refractivity contribution is 7.90. The lowest BCUT2D eigenvalue weighted by molar-refractivity contribution is 0.415. The number of benzene rings is 2. The fourth-order valence-corrected chi connectivity index (χ4v) is 3.65. The van der Waals surface area contributed by atoms with Crippen molar-refractivity contribution >= 4 is 10.0 Å². The van der Waals surface area contributed by atoms with E-state index in [0.717, 1.165) is 11.3 Å². The average Bonchev–Trinajstić information content (AvgIpc) is 3.06. The predicted octanol–water partition coefficient (Wildman–Crippen LogP) is 3.40. The maximum atomic E-state index is 12.8. The van der Waals surface area contributed by atoms with Gasteiger partial charge in [-0.05, 0) is 54.1 Å². The third-order valence-electron chi connectivity index (χ3n) is 3.40. The van der Waals surface area contributed by atoms with Crippen LogP contribution in [0.3, 0.4) is 0 Å². The van der Waals surface area contributed by atoms with Gasteiger partial charge in [0.1, 0.15) is 5.75 Å². The summed E-state index contributed by atoms with van der Waals surface area (Å²) in [6, 6.07) is 19.2. The maximum Gasteiger partial charge on any atom is 0.268 e. The lowest BCUT2D eigenvalue weighted by Gasteiger charge is -2.11. The van der Waals surface area contributed by atoms with E-state index in [9.17, 15) is 8.42 Å². The van der Waals surface area contributed by atoms with Crippen LogP contribution in [0, 0.1) is 0 Å². The van der Waals surface area contributed by atoms with Gasteiger partial charge in [0.25, 0.3) is 10.0 Å². The highest BCUT2D eigenvalue weighted by Gasteiger charge is 2.19. The lowest BCUT2D eigenvalue weighted by atomic mass is 10.1. The van der Waals surface area contributed by atoms with Crippen LogP contribution >= 0.6 is 0 Å². The summed E-state index contributed by atoms with van der Waals surface area (Å²) in [6.07, 6.45) is 1.56. The van der Waals surface area contributed by atoms with Gasteiger partial charge in [0.2, 0.25) is 0 Å². The lowest BCUT2D eigenvalue weighted by Crippen LogP contribution is -2.12. The molecule has 0 saturated heterocycles. The molecule has 0 aliphatic carbocycles. The molecular formula is C17H15NO3S. The predicted molar refractivity (Wildman–Crippen MR) is 85.4 cm³/mol. The van der Waals surface area contributed by atoms with Crippen molar-refractivity contribution in [3.63, 3.8) is 0 Å². The minimum absolute atomic E-state index is 0.265. The molecule has 0 aliphatic heterocycles. The number of rotatable bonds is 4. The van der Waals surface area contributed by atoms with Gasteiger partial charge in [-0.3, -0.25) is 0 Å². The molecule has 2 aromatic carbocycles. The van der Waals surface area contributed by atoms with Gasteiger partial charge in [-0.25, -0.2) is 12.4 Å². The molecule has 5 heteroatoms. The van der Waals surface area contributed by atoms with Crippen LogP contribution in [0.25, 0.3) is 11.3 Å². The van der Waals surface area contributed by atoms with Crippen LogP contribution in [-0.2, 0) is 10.0 Å². The standard InChI is InChI=1S/C17H15NO3S/c1-21-15-11-9-14(10-12-15)17-8-5-13-18(17)22(19,20)16-6-3-2-4-7-16/h2-13H,1H3. The first kappa shape index (κ1) is 14.4. The van der Waals surface area contributed by atoms with Crippen molar-refractivity contribution in [2.45, 2.75) is 4.90 Å². The van der Waals surface area contributed by atoms with Gasteiger partial charge < -0.3 is 4.74 Å². The second-order valence-electron chi connectivity index (χ2n) is 4.74. The molecule has 0 N–H and O–H groups in total. The Labute approximate surface area is 129 Å². The summed E-state index contributed by atoms with van der Waals surface area (Å²) in [4.78, 5) is 0.265. The summed E-state index contributed by atoms with van der Waals surface area (Å²) in [6.45, 7) is 0. The zero-order valence-corrected chi connectivity index (χ0v) is 12.8. The summed E-state index contributed by atoms with van der Waals surface area (Å²) in [5.41, 5.74) is 1.43. The highest BCUT2D eigenvalue weighted by Crippen LogP contribution is 2.26. The van der Waals surface area contributed by atoms with Crippen LogP contribution < -0.4 is 4.74 Å². The van der Waals surface area contributed by atoms with Crippen molar-refractivity contribution in [2.75, 3.05) is 7.11 Å². The van der Waals surface area contributed by atoms with E-state index in [-0.39, 0.29) is 4.90 Å². The molecular weight excluding hydrogens is 298 g/mol. The molecule has 0 atom stereocenters. The van der Waals surface area contributed by atoms with Crippen molar-refractivity contribution in [1.29, 1.82) is 0 Å². The summed E-state index contributed by atoms with van der Waals surface area (Å²) in [7, 11) is -2.01. The van der Waals surface area contributed by atoms with Gasteiger partial charge in [-0.15, -0.1) is 0 Å². The molecule has 0 unspecified atom stereocenters. The molecule has 112 valence electrons. The van der Waals surface area contributed by atoms with Crippen LogP contribution in [0.15, 0.2) is 77.8 Å². The van der Waals surface area contributed by atoms with E-state index >= 15 is 0 Å². The molecule has 0 bridgehead atoms. The first-order chi connectivity index (χ1) is 10.6. The number of hydrogen-bond acceptors (Lipinski definition) is 3. The van der Waals surface area contributed by atoms with Crippen molar-refractivity contribution in [2.24, 2.45) is 0 Å². The smallest absolute Gasteiger partial charge is 0.268 e. The number of methoxy groups -OCH3 is 1. The Hall–Kier alpha value is -2.53. The number of aromatic nitrogens is 1. The second kappa shape index (κ2) is 5.69. The Kier molecular flexibility index (Phi) is 3.73. The Morgan fingerprint density at radius 1 is 0.864 bits per heavy atom. The van der Waals surface area contributed by atoms with E-state index in [1.807, 2.05) is 24.3 Å². The largest absolute Gasteiger partial charge is 0.497 e. The van der Waals surface area contributed by atoms with Crippen molar-refractivity contribution < 1.29 is 13.2 Å². The van der Waals surface area contributed by atoms with Crippen LogP contribution in [0.4, 0.5) is 0 Å². The number of ether oxygens (including phenoxy) is 1. The van der Waals surface area contributed by atoms with E-state index in [0.29, 0.717) is 5.69 Å². The molecule has 0 aliphatic rings. The van der Waals surface area contributed by atoms with Gasteiger partial charge in [-0.2, -0.15) is 0 Å². The molecule has 3 aromatic rings. The summed E-state index contributed by atoms with van der Waals surface area (Å²) >= 11 is 0. The van der Waals surface area contributed by atoms with Gasteiger partial charge in [0.05, 0.1) is 17.7 Å². The van der Waals surface area contributed by atoms with Gasteiger partial charge in [0.15, 0.2) is 0 Å². The van der Waals surface area contributed by atoms with E-state index in [1.54, 1.807) is 55.8 Å². The van der Waals surface area contributed by atoms with Crippen molar-refractivity contribution in [3.05, 3.63) is 72.9 Å². The molecule has 0 amide bonds. The summed E-state index contributed by atoms with van der Waals surface area (Å²) in [5, 5.41) is 0. The first-order valence-corrected chi connectivity index (χ1v) is 8.19. The van der Waals surface area contributed by atoms with Crippen LogP contribution in [0.2, 0.25) is 0 Å². The zero-order chi connectivity index (χ0) is 15.6. The SMILES string of the molecule is COc1ccc(-c2cccn2S(=O)(=O)c2ccccc2)cc1. The molecule has 4 nitrogen and oxygen atoms in total. The van der Waals surface area contributed by atoms with Crippen LogP contribution in [0.5, 0.6) is 5.75 Å². The fraction of sp³-hybridized carbons (Fsp3) is 0.0588. The van der Waals surface area contributed by atoms with E-state index in [1.165, 1.54) is 3.97 Å². The molecule has 0 radical (unpaired) electrons. The molecule has 0 spiro atoms. The van der Waals surface area contributed by atoms with E-state index in [2.05, 4.69) is 0 Å². The Morgan fingerprint density at radius 2 is 1.55 bits per heavy atom. The van der Waals surface area contributed by atoms with Gasteiger partial charge in [0, 0.05) is 6.20 Å². The minimum Gasteiger partial charge on any atom is -0.497 e. The minimum atomic E-state index is -3.60. The molecule has 0 saturated carbocycles. The first-order valence-electron chi connectivity index (χ1n) is 6.75. The van der Waals surface area contributed by atoms with Crippen molar-refractivity contribution in [1.82, 2.24) is 3.97 Å². The molecule has 3 rings (SSSR count). The van der Waals surface area contributed by atoms with Crippen LogP contribution in [0.1, 0.15) is 0 Å². The topological polar surface area (TPSA) is 48.3 Å². The molecule has 1 aromatic heterocycles. The monoisotopic (exact) mass is 313 g/mol. The third kappa shape index (κ3) is 2.51. The van der Waals surface area contributed by atoms with Crippen molar-refractivity contribution in [3.8, 4) is 17.0 Å². The quantitative estimate of drug-likeness (QED) is 0.741. The Morgan fingerprint density at radius 3 is 2.18 bits per heavy atom. The van der Waals surface area contributed by atoms with E-state index < -0.39 is 10.0 Å². The fourth-order valence-electron chi connectivity index (χ4n) is 2.27. The zero-order valence-electron chi connectivity index (χ0n) is 12.0. The normalized spacial score (nSPS) is 11.3. The summed E-state index contributed by atoms with van der Waals surface area (Å²) in [5.74, 6) is 0.729. The number of hydrogen-bond donors (Lipinski definition) is 0.